The number of thiol groups is 1. The number of likely N-dealkylation sites (tertiary alicyclic amines) is 1. The van der Waals surface area contributed by atoms with E-state index in [1.807, 2.05) is 4.90 Å². The summed E-state index contributed by atoms with van der Waals surface area (Å²) in [6.07, 6.45) is 4.24. The number of piperidine rings is 1. The van der Waals surface area contributed by atoms with Crippen LogP contribution in [-0.2, 0) is 13.3 Å². The molecule has 10 heteroatoms. The number of aromatic hydroxyl groups is 1. The van der Waals surface area contributed by atoms with Gasteiger partial charge in [0, 0.05) is 19.5 Å². The van der Waals surface area contributed by atoms with Gasteiger partial charge in [-0.15, -0.1) is 0 Å². The Morgan fingerprint density at radius 2 is 1.85 bits per heavy atom. The summed E-state index contributed by atoms with van der Waals surface area (Å²) in [7, 11) is 0. The quantitative estimate of drug-likeness (QED) is 0.255. The number of anilines is 1. The van der Waals surface area contributed by atoms with Crippen molar-refractivity contribution in [1.82, 2.24) is 4.90 Å². The van der Waals surface area contributed by atoms with Crippen LogP contribution < -0.4 is 9.67 Å². The average molecular weight is 448 g/mol. The van der Waals surface area contributed by atoms with Gasteiger partial charge in [-0.1, -0.05) is 0 Å². The molecule has 0 atom stereocenters. The summed E-state index contributed by atoms with van der Waals surface area (Å²) in [4.78, 5) is 24.0. The van der Waals surface area contributed by atoms with Crippen LogP contribution in [0.15, 0.2) is 18.2 Å². The van der Waals surface area contributed by atoms with Crippen LogP contribution in [0, 0.1) is 0 Å². The number of carbonyl (C=O) groups is 2. The Hall–Kier alpha value is -1.41. The first kappa shape index (κ1) is 22.6. The van der Waals surface area contributed by atoms with Crippen molar-refractivity contribution in [2.45, 2.75) is 32.6 Å². The predicted octanol–water partition coefficient (Wildman–Crippen LogP) is 0.230. The molecule has 1 fully saturated rings. The molecule has 2 rings (SSSR count). The van der Waals surface area contributed by atoms with Gasteiger partial charge in [0.2, 0.25) is 5.91 Å². The van der Waals surface area contributed by atoms with Crippen LogP contribution in [0.3, 0.4) is 0 Å². The van der Waals surface area contributed by atoms with E-state index in [0.717, 1.165) is 13.1 Å². The molecule has 0 spiro atoms. The van der Waals surface area contributed by atoms with Gasteiger partial charge in [0.25, 0.3) is 0 Å². The van der Waals surface area contributed by atoms with E-state index in [0.29, 0.717) is 12.2 Å². The molecule has 26 heavy (non-hydrogen) atoms. The monoisotopic (exact) mass is 448 g/mol. The smallest absolute Gasteiger partial charge is 0.223 e. The van der Waals surface area contributed by atoms with Crippen molar-refractivity contribution in [2.24, 2.45) is 0 Å². The van der Waals surface area contributed by atoms with Gasteiger partial charge in [0.05, 0.1) is 0 Å². The molecule has 0 aromatic heterocycles. The van der Waals surface area contributed by atoms with E-state index in [-0.39, 0.29) is 21.7 Å². The zero-order chi connectivity index (χ0) is 19.7. The number of hydrogen-bond donors (Lipinski definition) is 5. The molecule has 0 radical (unpaired) electrons. The molecule has 1 aliphatic rings. The van der Waals surface area contributed by atoms with E-state index in [1.54, 1.807) is 0 Å². The third-order valence-corrected chi connectivity index (χ3v) is 5.99. The second kappa shape index (κ2) is 10.7. The van der Waals surface area contributed by atoms with Crippen LogP contribution >= 0.6 is 12.6 Å². The molecule has 0 bridgehead atoms. The number of phenols is 1. The molecule has 0 unspecified atom stereocenters. The molecule has 1 aromatic carbocycles. The topological polar surface area (TPSA) is 127 Å². The van der Waals surface area contributed by atoms with Crippen LogP contribution in [0.5, 0.6) is 5.75 Å². The van der Waals surface area contributed by atoms with Gasteiger partial charge in [-0.3, -0.25) is 4.79 Å². The van der Waals surface area contributed by atoms with Crippen molar-refractivity contribution in [2.75, 3.05) is 24.2 Å². The number of para-hydroxylation sites is 1. The molecule has 1 aliphatic heterocycles. The van der Waals surface area contributed by atoms with Gasteiger partial charge in [-0.05, 0) is 25.0 Å². The zero-order valence-corrected chi connectivity index (χ0v) is 17.4. The van der Waals surface area contributed by atoms with Crippen LogP contribution in [0.25, 0.3) is 0 Å². The van der Waals surface area contributed by atoms with Crippen molar-refractivity contribution >= 4 is 48.7 Å². The van der Waals surface area contributed by atoms with Crippen molar-refractivity contribution in [3.63, 3.8) is 0 Å². The summed E-state index contributed by atoms with van der Waals surface area (Å²) >= 11 is -1.11. The second-order valence-electron chi connectivity index (χ2n) is 5.81. The van der Waals surface area contributed by atoms with Crippen LogP contribution in [0.4, 0.5) is 5.69 Å². The Labute approximate surface area is 161 Å². The van der Waals surface area contributed by atoms with E-state index in [1.165, 1.54) is 44.4 Å². The van der Waals surface area contributed by atoms with E-state index >= 15 is 0 Å². The molecule has 1 saturated heterocycles. The minimum absolute atomic E-state index is 0.225. The van der Waals surface area contributed by atoms with E-state index < -0.39 is 20.1 Å². The molecular weight excluding hydrogens is 423 g/mol. The Morgan fingerprint density at radius 3 is 2.35 bits per heavy atom. The molecule has 1 heterocycles. The first-order chi connectivity index (χ1) is 12.2. The summed E-state index contributed by atoms with van der Waals surface area (Å²) in [5, 5.41) is 11.5. The van der Waals surface area contributed by atoms with Gasteiger partial charge < -0.3 is 4.90 Å². The number of benzene rings is 1. The molecule has 8 nitrogen and oxygen atoms in total. The molecule has 146 valence electrons. The van der Waals surface area contributed by atoms with Crippen LogP contribution in [0.1, 0.15) is 32.6 Å². The second-order valence-corrected chi connectivity index (χ2v) is 9.55. The number of amides is 2. The summed E-state index contributed by atoms with van der Waals surface area (Å²) < 4.78 is 28.8. The molecular formula is C16H25AsN2O6S. The predicted molar refractivity (Wildman–Crippen MR) is 102 cm³/mol. The van der Waals surface area contributed by atoms with Crippen molar-refractivity contribution in [1.29, 1.82) is 0 Å². The Balaban J connectivity index is 0.000000273. The summed E-state index contributed by atoms with van der Waals surface area (Å²) in [6.45, 7) is 3.11. The minimum Gasteiger partial charge on any atom is -0.343 e. The van der Waals surface area contributed by atoms with E-state index in [2.05, 4.69) is 17.9 Å². The maximum absolute atomic E-state index is 11.3. The zero-order valence-electron chi connectivity index (χ0n) is 14.6. The number of phenolic OH excluding ortho intramolecular Hbond substituents is 1. The summed E-state index contributed by atoms with van der Waals surface area (Å²) in [5.74, 6) is 0.0730. The van der Waals surface area contributed by atoms with Gasteiger partial charge in [-0.2, -0.15) is 12.6 Å². The fourth-order valence-corrected chi connectivity index (χ4v) is 4.22. The number of nitrogens with zero attached hydrogens (tertiary/aromatic N) is 1. The Bertz CT molecular complexity index is 673. The van der Waals surface area contributed by atoms with Crippen molar-refractivity contribution in [3.05, 3.63) is 18.2 Å². The molecule has 0 aliphatic carbocycles. The maximum atomic E-state index is 11.3. The summed E-state index contributed by atoms with van der Waals surface area (Å²) in [5.41, 5.74) is -0.225. The molecule has 2 amide bonds. The Morgan fingerprint density at radius 1 is 1.23 bits per heavy atom. The van der Waals surface area contributed by atoms with E-state index in [4.69, 9.17) is 8.19 Å². The standard InChI is InChI=1S/C8H10AsNO5.C8H15NOS/c1-5(11)10-8-6(9(13,14)15)3-2-4-7(8)12;10-8(4-7-11)9-5-2-1-3-6-9/h2-4,12H,1H3,(H,10,11)(H2,13,14,15);11H,1-7H2. The van der Waals surface area contributed by atoms with Gasteiger partial charge in [0.1, 0.15) is 0 Å². The minimum atomic E-state index is -5.14. The number of carbonyl (C=O) groups excluding carboxylic acids is 2. The third kappa shape index (κ3) is 7.45. The maximum Gasteiger partial charge on any atom is 0.223 e. The average Bonchev–Trinajstić information content (AvgIpc) is 2.57. The van der Waals surface area contributed by atoms with Gasteiger partial charge in [-0.25, -0.2) is 0 Å². The van der Waals surface area contributed by atoms with Crippen molar-refractivity contribution in [3.8, 4) is 5.75 Å². The number of rotatable bonds is 4. The first-order valence-corrected chi connectivity index (χ1v) is 12.2. The van der Waals surface area contributed by atoms with Crippen LogP contribution in [-0.4, -0.2) is 63.0 Å². The van der Waals surface area contributed by atoms with Gasteiger partial charge in [0.15, 0.2) is 0 Å². The Kier molecular flexibility index (Phi) is 9.29. The number of nitrogens with one attached hydrogen (secondary N) is 1. The van der Waals surface area contributed by atoms with Gasteiger partial charge >= 0.3 is 88.1 Å². The van der Waals surface area contributed by atoms with Crippen molar-refractivity contribution < 1.29 is 26.6 Å². The molecule has 1 aromatic rings. The summed E-state index contributed by atoms with van der Waals surface area (Å²) in [6, 6.07) is 3.71. The molecule has 4 N–H and O–H groups in total. The third-order valence-electron chi connectivity index (χ3n) is 3.67. The fourth-order valence-electron chi connectivity index (χ4n) is 2.47. The van der Waals surface area contributed by atoms with E-state index in [9.17, 15) is 18.4 Å². The largest absolute Gasteiger partial charge is 0.343 e. The fraction of sp³-hybridized carbons (Fsp3) is 0.500. The first-order valence-electron chi connectivity index (χ1n) is 8.21. The number of hydrogen-bond acceptors (Lipinski definition) is 5. The molecule has 0 saturated carbocycles. The van der Waals surface area contributed by atoms with Crippen LogP contribution in [0.2, 0.25) is 0 Å². The normalized spacial score (nSPS) is 14.2. The SMILES string of the molecule is CC(=O)Nc1c(O)cccc1[As](=O)(O)O.O=C(CCS)N1CCCCC1.